The molecule has 3 aromatic carbocycles. The maximum atomic E-state index is 12.8. The number of hydrogen-bond acceptors (Lipinski definition) is 3. The molecule has 4 rings (SSSR count). The molecule has 0 amide bonds. The van der Waals surface area contributed by atoms with E-state index in [0.717, 1.165) is 11.1 Å². The van der Waals surface area contributed by atoms with Gasteiger partial charge in [0.2, 0.25) is 0 Å². The van der Waals surface area contributed by atoms with Crippen LogP contribution in [-0.2, 0) is 11.3 Å². The number of carbonyl (C=O) groups is 1. The van der Waals surface area contributed by atoms with Gasteiger partial charge in [-0.1, -0.05) is 72.8 Å². The van der Waals surface area contributed by atoms with E-state index in [4.69, 9.17) is 9.47 Å². The van der Waals surface area contributed by atoms with E-state index in [-0.39, 0.29) is 11.9 Å². The van der Waals surface area contributed by atoms with Crippen LogP contribution >= 0.6 is 0 Å². The largest absolute Gasteiger partial charge is 0.488 e. The quantitative estimate of drug-likeness (QED) is 0.490. The summed E-state index contributed by atoms with van der Waals surface area (Å²) in [5.41, 5.74) is 2.67. The number of ketones is 1. The Kier molecular flexibility index (Phi) is 4.32. The van der Waals surface area contributed by atoms with Crippen LogP contribution in [0.5, 0.6) is 5.75 Å². The number of epoxide rings is 1. The highest BCUT2D eigenvalue weighted by Gasteiger charge is 2.46. The van der Waals surface area contributed by atoms with Gasteiger partial charge in [-0.15, -0.1) is 0 Å². The predicted octanol–water partition coefficient (Wildman–Crippen LogP) is 4.59. The van der Waals surface area contributed by atoms with Crippen molar-refractivity contribution in [3.05, 3.63) is 102 Å². The normalized spacial score (nSPS) is 18.6. The Hall–Kier alpha value is -2.91. The van der Waals surface area contributed by atoms with Crippen molar-refractivity contribution in [2.75, 3.05) is 0 Å². The zero-order chi connectivity index (χ0) is 17.1. The van der Waals surface area contributed by atoms with E-state index < -0.39 is 6.10 Å². The lowest BCUT2D eigenvalue weighted by Crippen LogP contribution is -2.10. The van der Waals surface area contributed by atoms with Crippen molar-refractivity contribution >= 4 is 5.78 Å². The molecule has 0 radical (unpaired) electrons. The first-order chi connectivity index (χ1) is 12.3. The van der Waals surface area contributed by atoms with Crippen molar-refractivity contribution in [2.24, 2.45) is 0 Å². The minimum Gasteiger partial charge on any atom is -0.488 e. The van der Waals surface area contributed by atoms with Gasteiger partial charge in [-0.3, -0.25) is 4.79 Å². The molecule has 3 heteroatoms. The Balaban J connectivity index is 1.48. The van der Waals surface area contributed by atoms with Crippen molar-refractivity contribution in [1.82, 2.24) is 0 Å². The topological polar surface area (TPSA) is 38.8 Å². The van der Waals surface area contributed by atoms with Crippen molar-refractivity contribution < 1.29 is 14.3 Å². The summed E-state index contributed by atoms with van der Waals surface area (Å²) >= 11 is 0. The maximum Gasteiger partial charge on any atom is 0.198 e. The summed E-state index contributed by atoms with van der Waals surface area (Å²) in [5, 5.41) is 0. The fourth-order valence-electron chi connectivity index (χ4n) is 2.89. The molecule has 1 heterocycles. The number of Topliss-reactive ketones (excluding diaryl/α,β-unsaturated/α-hetero) is 1. The standard InChI is InChI=1S/C22H18O3/c23-20(22-21(25-22)17-11-5-2-6-12-17)18-13-7-8-14-19(18)24-15-16-9-3-1-4-10-16/h1-14,21-22H,15H2/t21-,22+/m0/s1. The predicted molar refractivity (Wildman–Crippen MR) is 95.6 cm³/mol. The van der Waals surface area contributed by atoms with Gasteiger partial charge < -0.3 is 9.47 Å². The molecule has 3 nitrogen and oxygen atoms in total. The molecule has 1 fully saturated rings. The molecule has 3 aromatic rings. The summed E-state index contributed by atoms with van der Waals surface area (Å²) in [7, 11) is 0. The van der Waals surface area contributed by atoms with Crippen LogP contribution in [0.1, 0.15) is 27.6 Å². The Labute approximate surface area is 146 Å². The van der Waals surface area contributed by atoms with Gasteiger partial charge in [0.1, 0.15) is 18.5 Å². The van der Waals surface area contributed by atoms with Gasteiger partial charge in [0.15, 0.2) is 11.9 Å². The van der Waals surface area contributed by atoms with Crippen molar-refractivity contribution in [2.45, 2.75) is 18.8 Å². The second-order valence-corrected chi connectivity index (χ2v) is 6.02. The molecule has 25 heavy (non-hydrogen) atoms. The molecule has 0 aliphatic carbocycles. The number of carbonyl (C=O) groups excluding carboxylic acids is 1. The molecule has 0 saturated carbocycles. The van der Waals surface area contributed by atoms with Crippen molar-refractivity contribution in [3.63, 3.8) is 0 Å². The summed E-state index contributed by atoms with van der Waals surface area (Å²) in [5.74, 6) is 0.566. The van der Waals surface area contributed by atoms with E-state index in [1.165, 1.54) is 0 Å². The van der Waals surface area contributed by atoms with Crippen LogP contribution in [0.2, 0.25) is 0 Å². The van der Waals surface area contributed by atoms with Gasteiger partial charge in [0, 0.05) is 0 Å². The summed E-state index contributed by atoms with van der Waals surface area (Å²) < 4.78 is 11.5. The van der Waals surface area contributed by atoms with E-state index in [2.05, 4.69) is 0 Å². The first-order valence-corrected chi connectivity index (χ1v) is 8.33. The minimum atomic E-state index is -0.427. The Morgan fingerprint density at radius 1 is 0.840 bits per heavy atom. The van der Waals surface area contributed by atoms with E-state index >= 15 is 0 Å². The summed E-state index contributed by atoms with van der Waals surface area (Å²) in [6, 6.07) is 27.1. The van der Waals surface area contributed by atoms with Gasteiger partial charge in [-0.05, 0) is 23.3 Å². The molecule has 0 aromatic heterocycles. The molecule has 2 atom stereocenters. The molecule has 1 aliphatic heterocycles. The fourth-order valence-corrected chi connectivity index (χ4v) is 2.89. The number of para-hydroxylation sites is 1. The highest BCUT2D eigenvalue weighted by Crippen LogP contribution is 2.41. The Bertz CT molecular complexity index is 859. The van der Waals surface area contributed by atoms with Crippen LogP contribution in [0.15, 0.2) is 84.9 Å². The number of rotatable bonds is 6. The van der Waals surface area contributed by atoms with Crippen molar-refractivity contribution in [3.8, 4) is 5.75 Å². The van der Waals surface area contributed by atoms with Crippen LogP contribution in [0.3, 0.4) is 0 Å². The second-order valence-electron chi connectivity index (χ2n) is 6.02. The summed E-state index contributed by atoms with van der Waals surface area (Å²) in [4.78, 5) is 12.8. The van der Waals surface area contributed by atoms with Crippen LogP contribution in [0.25, 0.3) is 0 Å². The first kappa shape index (κ1) is 15.6. The summed E-state index contributed by atoms with van der Waals surface area (Å²) in [6.45, 7) is 0.429. The average Bonchev–Trinajstić information content (AvgIpc) is 3.48. The molecule has 0 N–H and O–H groups in total. The fraction of sp³-hybridized carbons (Fsp3) is 0.136. The molecule has 1 saturated heterocycles. The highest BCUT2D eigenvalue weighted by molar-refractivity contribution is 6.03. The van der Waals surface area contributed by atoms with Gasteiger partial charge in [-0.2, -0.15) is 0 Å². The van der Waals surface area contributed by atoms with Crippen LogP contribution < -0.4 is 4.74 Å². The van der Waals surface area contributed by atoms with Gasteiger partial charge in [-0.25, -0.2) is 0 Å². The Morgan fingerprint density at radius 3 is 2.24 bits per heavy atom. The smallest absolute Gasteiger partial charge is 0.198 e. The lowest BCUT2D eigenvalue weighted by molar-refractivity contribution is 0.0949. The molecule has 0 spiro atoms. The third-order valence-corrected chi connectivity index (χ3v) is 4.27. The van der Waals surface area contributed by atoms with Crippen molar-refractivity contribution in [1.29, 1.82) is 0 Å². The van der Waals surface area contributed by atoms with E-state index in [1.807, 2.05) is 78.9 Å². The third kappa shape index (κ3) is 3.47. The van der Waals surface area contributed by atoms with Gasteiger partial charge in [0.05, 0.1) is 5.56 Å². The molecule has 1 aliphatic rings. The van der Waals surface area contributed by atoms with Gasteiger partial charge >= 0.3 is 0 Å². The monoisotopic (exact) mass is 330 g/mol. The molecule has 0 unspecified atom stereocenters. The lowest BCUT2D eigenvalue weighted by Gasteiger charge is -2.10. The molecular formula is C22H18O3. The van der Waals surface area contributed by atoms with E-state index in [9.17, 15) is 4.79 Å². The first-order valence-electron chi connectivity index (χ1n) is 8.33. The van der Waals surface area contributed by atoms with Crippen LogP contribution in [-0.4, -0.2) is 11.9 Å². The van der Waals surface area contributed by atoms with Gasteiger partial charge in [0.25, 0.3) is 0 Å². The SMILES string of the molecule is O=C(c1ccccc1OCc1ccccc1)[C@H]1O[C@H]1c1ccccc1. The summed E-state index contributed by atoms with van der Waals surface area (Å²) in [6.07, 6.45) is -0.584. The molecule has 0 bridgehead atoms. The maximum absolute atomic E-state index is 12.8. The zero-order valence-electron chi connectivity index (χ0n) is 13.7. The average molecular weight is 330 g/mol. The van der Waals surface area contributed by atoms with E-state index in [0.29, 0.717) is 17.9 Å². The number of hydrogen-bond donors (Lipinski definition) is 0. The second kappa shape index (κ2) is 6.91. The van der Waals surface area contributed by atoms with E-state index in [1.54, 1.807) is 6.07 Å². The number of benzene rings is 3. The molecule has 124 valence electrons. The Morgan fingerprint density at radius 2 is 1.48 bits per heavy atom. The molecular weight excluding hydrogens is 312 g/mol. The van der Waals surface area contributed by atoms with Crippen LogP contribution in [0, 0.1) is 0 Å². The third-order valence-electron chi connectivity index (χ3n) is 4.27. The lowest BCUT2D eigenvalue weighted by atomic mass is 10.0. The van der Waals surface area contributed by atoms with Crippen LogP contribution in [0.4, 0.5) is 0 Å². The minimum absolute atomic E-state index is 0.0301. The zero-order valence-corrected chi connectivity index (χ0v) is 13.7. The highest BCUT2D eigenvalue weighted by atomic mass is 16.6. The number of ether oxygens (including phenoxy) is 2.